The van der Waals surface area contributed by atoms with Crippen LogP contribution in [0.25, 0.3) is 0 Å². The van der Waals surface area contributed by atoms with Gasteiger partial charge in [-0.05, 0) is 0 Å². The molecule has 14 heavy (non-hydrogen) atoms. The summed E-state index contributed by atoms with van der Waals surface area (Å²) < 4.78 is 10.6. The van der Waals surface area contributed by atoms with E-state index in [-0.39, 0.29) is 12.2 Å². The number of likely N-dealkylation sites (tertiary alicyclic amines) is 1. The van der Waals surface area contributed by atoms with Gasteiger partial charge in [0, 0.05) is 34.4 Å². The predicted molar refractivity (Wildman–Crippen MR) is 53.8 cm³/mol. The average molecular weight is 202 g/mol. The third-order valence-electron chi connectivity index (χ3n) is 2.46. The molecule has 1 aliphatic rings. The Hall–Kier alpha value is -0.850. The first-order valence-electron chi connectivity index (χ1n) is 4.50. The van der Waals surface area contributed by atoms with E-state index in [0.29, 0.717) is 5.96 Å². The monoisotopic (exact) mass is 202 g/mol. The maximum absolute atomic E-state index is 5.33. The number of aliphatic imine (C=N–C) groups is 1. The third kappa shape index (κ3) is 2.14. The summed E-state index contributed by atoms with van der Waals surface area (Å²) in [5, 5.41) is 0. The number of hydrazine groups is 1. The SMILES string of the molecule is CN=C(NN)N1CC(OC)C(OC)C1. The molecule has 2 atom stereocenters. The topological polar surface area (TPSA) is 72.1 Å². The molecule has 0 radical (unpaired) electrons. The van der Waals surface area contributed by atoms with Gasteiger partial charge in [-0.1, -0.05) is 0 Å². The fourth-order valence-corrected chi connectivity index (χ4v) is 1.67. The van der Waals surface area contributed by atoms with Gasteiger partial charge in [-0.15, -0.1) is 0 Å². The van der Waals surface area contributed by atoms with Crippen molar-refractivity contribution in [1.82, 2.24) is 10.3 Å². The molecule has 0 aromatic carbocycles. The van der Waals surface area contributed by atoms with Gasteiger partial charge in [-0.2, -0.15) is 0 Å². The highest BCUT2D eigenvalue weighted by Crippen LogP contribution is 2.15. The van der Waals surface area contributed by atoms with Crippen LogP contribution in [0.3, 0.4) is 0 Å². The highest BCUT2D eigenvalue weighted by molar-refractivity contribution is 5.79. The fourth-order valence-electron chi connectivity index (χ4n) is 1.67. The summed E-state index contributed by atoms with van der Waals surface area (Å²) in [6.45, 7) is 1.48. The molecule has 1 rings (SSSR count). The minimum absolute atomic E-state index is 0.0742. The molecule has 0 bridgehead atoms. The number of guanidine groups is 1. The van der Waals surface area contributed by atoms with Crippen LogP contribution in [0.4, 0.5) is 0 Å². The van der Waals surface area contributed by atoms with Crippen LogP contribution in [0.1, 0.15) is 0 Å². The molecule has 0 saturated carbocycles. The number of nitrogens with two attached hydrogens (primary N) is 1. The summed E-state index contributed by atoms with van der Waals surface area (Å²) in [5.41, 5.74) is 2.55. The fraction of sp³-hybridized carbons (Fsp3) is 0.875. The minimum atomic E-state index is 0.0742. The van der Waals surface area contributed by atoms with Crippen LogP contribution >= 0.6 is 0 Å². The van der Waals surface area contributed by atoms with Crippen molar-refractivity contribution in [2.24, 2.45) is 10.8 Å². The molecular weight excluding hydrogens is 184 g/mol. The zero-order chi connectivity index (χ0) is 10.6. The Morgan fingerprint density at radius 2 is 1.86 bits per heavy atom. The van der Waals surface area contributed by atoms with E-state index in [0.717, 1.165) is 13.1 Å². The molecule has 0 spiro atoms. The molecule has 1 saturated heterocycles. The molecule has 0 aromatic rings. The first-order valence-corrected chi connectivity index (χ1v) is 4.50. The highest BCUT2D eigenvalue weighted by Gasteiger charge is 2.34. The lowest BCUT2D eigenvalue weighted by molar-refractivity contribution is -0.00461. The van der Waals surface area contributed by atoms with Crippen molar-refractivity contribution in [1.29, 1.82) is 0 Å². The Bertz CT molecular complexity index is 198. The normalized spacial score (nSPS) is 28.3. The number of hydrogen-bond acceptors (Lipinski definition) is 4. The van der Waals surface area contributed by atoms with Gasteiger partial charge in [-0.3, -0.25) is 10.4 Å². The quantitative estimate of drug-likeness (QED) is 0.254. The third-order valence-corrected chi connectivity index (χ3v) is 2.46. The van der Waals surface area contributed by atoms with Crippen molar-refractivity contribution < 1.29 is 9.47 Å². The van der Waals surface area contributed by atoms with Crippen LogP contribution in [-0.2, 0) is 9.47 Å². The second kappa shape index (κ2) is 5.14. The number of nitrogens with zero attached hydrogens (tertiary/aromatic N) is 2. The number of ether oxygens (including phenoxy) is 2. The minimum Gasteiger partial charge on any atom is -0.377 e. The van der Waals surface area contributed by atoms with Crippen LogP contribution in [0.5, 0.6) is 0 Å². The van der Waals surface area contributed by atoms with Crippen LogP contribution in [-0.4, -0.2) is 57.4 Å². The van der Waals surface area contributed by atoms with Gasteiger partial charge in [-0.25, -0.2) is 5.84 Å². The Kier molecular flexibility index (Phi) is 4.12. The van der Waals surface area contributed by atoms with E-state index < -0.39 is 0 Å². The van der Waals surface area contributed by atoms with E-state index in [4.69, 9.17) is 15.3 Å². The first kappa shape index (κ1) is 11.2. The molecular formula is C8H18N4O2. The number of rotatable bonds is 2. The van der Waals surface area contributed by atoms with Crippen molar-refractivity contribution in [2.45, 2.75) is 12.2 Å². The number of nitrogens with one attached hydrogen (secondary N) is 1. The molecule has 1 heterocycles. The highest BCUT2D eigenvalue weighted by atomic mass is 16.5. The van der Waals surface area contributed by atoms with E-state index in [2.05, 4.69) is 10.4 Å². The molecule has 1 aliphatic heterocycles. The molecule has 82 valence electrons. The maximum atomic E-state index is 5.33. The first-order chi connectivity index (χ1) is 6.76. The van der Waals surface area contributed by atoms with Gasteiger partial charge >= 0.3 is 0 Å². The van der Waals surface area contributed by atoms with Gasteiger partial charge < -0.3 is 14.4 Å². The van der Waals surface area contributed by atoms with Crippen molar-refractivity contribution in [3.05, 3.63) is 0 Å². The zero-order valence-electron chi connectivity index (χ0n) is 8.86. The van der Waals surface area contributed by atoms with Crippen molar-refractivity contribution in [3.8, 4) is 0 Å². The molecule has 0 amide bonds. The lowest BCUT2D eigenvalue weighted by Gasteiger charge is -2.18. The van der Waals surface area contributed by atoms with Crippen LogP contribution in [0, 0.1) is 0 Å². The second-order valence-electron chi connectivity index (χ2n) is 3.14. The number of hydrogen-bond donors (Lipinski definition) is 2. The van der Waals surface area contributed by atoms with E-state index >= 15 is 0 Å². The summed E-state index contributed by atoms with van der Waals surface area (Å²) in [7, 11) is 5.05. The molecule has 2 unspecified atom stereocenters. The summed E-state index contributed by atoms with van der Waals surface area (Å²) in [4.78, 5) is 6.02. The molecule has 3 N–H and O–H groups in total. The second-order valence-corrected chi connectivity index (χ2v) is 3.14. The lowest BCUT2D eigenvalue weighted by Crippen LogP contribution is -2.44. The largest absolute Gasteiger partial charge is 0.377 e. The van der Waals surface area contributed by atoms with Gasteiger partial charge in [0.25, 0.3) is 0 Å². The van der Waals surface area contributed by atoms with Crippen molar-refractivity contribution in [3.63, 3.8) is 0 Å². The van der Waals surface area contributed by atoms with Gasteiger partial charge in [0.1, 0.15) is 12.2 Å². The standard InChI is InChI=1S/C8H18N4O2/c1-10-8(11-9)12-4-6(13-2)7(5-12)14-3/h6-7H,4-5,9H2,1-3H3,(H,10,11). The number of methoxy groups -OCH3 is 2. The van der Waals surface area contributed by atoms with Crippen molar-refractivity contribution >= 4 is 5.96 Å². The summed E-state index contributed by atoms with van der Waals surface area (Å²) in [6.07, 6.45) is 0.148. The average Bonchev–Trinajstić information content (AvgIpc) is 2.63. The summed E-state index contributed by atoms with van der Waals surface area (Å²) >= 11 is 0. The Morgan fingerprint density at radius 3 is 2.14 bits per heavy atom. The smallest absolute Gasteiger partial charge is 0.208 e. The molecule has 0 aliphatic carbocycles. The van der Waals surface area contributed by atoms with Crippen molar-refractivity contribution in [2.75, 3.05) is 34.4 Å². The predicted octanol–water partition coefficient (Wildman–Crippen LogP) is -1.22. The van der Waals surface area contributed by atoms with E-state index in [9.17, 15) is 0 Å². The molecule has 1 fully saturated rings. The maximum Gasteiger partial charge on any atom is 0.208 e. The lowest BCUT2D eigenvalue weighted by atomic mass is 10.3. The molecule has 6 nitrogen and oxygen atoms in total. The van der Waals surface area contributed by atoms with Crippen LogP contribution in [0.2, 0.25) is 0 Å². The van der Waals surface area contributed by atoms with Crippen LogP contribution in [0.15, 0.2) is 4.99 Å². The Labute approximate surface area is 84.0 Å². The molecule has 6 heteroatoms. The Balaban J connectivity index is 2.60. The van der Waals surface area contributed by atoms with Gasteiger partial charge in [0.05, 0.1) is 0 Å². The molecule has 0 aromatic heterocycles. The van der Waals surface area contributed by atoms with E-state index in [1.165, 1.54) is 0 Å². The summed E-state index contributed by atoms with van der Waals surface area (Å²) in [5.74, 6) is 5.99. The van der Waals surface area contributed by atoms with E-state index in [1.807, 2.05) is 4.90 Å². The van der Waals surface area contributed by atoms with Crippen LogP contribution < -0.4 is 11.3 Å². The van der Waals surface area contributed by atoms with Gasteiger partial charge in [0.2, 0.25) is 5.96 Å². The van der Waals surface area contributed by atoms with Gasteiger partial charge in [0.15, 0.2) is 0 Å². The van der Waals surface area contributed by atoms with E-state index in [1.54, 1.807) is 21.3 Å². The Morgan fingerprint density at radius 1 is 1.36 bits per heavy atom. The summed E-state index contributed by atoms with van der Waals surface area (Å²) in [6, 6.07) is 0. The zero-order valence-corrected chi connectivity index (χ0v) is 8.86.